The van der Waals surface area contributed by atoms with Gasteiger partial charge in [-0.2, -0.15) is 0 Å². The first kappa shape index (κ1) is 14.5. The number of nitrogens with one attached hydrogen (secondary N) is 2. The standard InChI is InChI=1S/C14H21FN2O/c1-10-9-11(5-6-12(10)15)7-8-16-13(18)17-14(2,3)4/h5-6,9H,7-8H2,1-4H3,(H2,16,17,18). The first-order chi connectivity index (χ1) is 8.28. The van der Waals surface area contributed by atoms with E-state index in [1.807, 2.05) is 20.8 Å². The number of rotatable bonds is 3. The van der Waals surface area contributed by atoms with Crippen molar-refractivity contribution in [3.05, 3.63) is 35.1 Å². The maximum atomic E-state index is 13.1. The van der Waals surface area contributed by atoms with Crippen LogP contribution in [0.3, 0.4) is 0 Å². The minimum absolute atomic E-state index is 0.179. The molecule has 1 aromatic carbocycles. The molecule has 0 bridgehead atoms. The van der Waals surface area contributed by atoms with Gasteiger partial charge in [0.25, 0.3) is 0 Å². The van der Waals surface area contributed by atoms with Gasteiger partial charge in [-0.25, -0.2) is 9.18 Å². The largest absolute Gasteiger partial charge is 0.338 e. The fourth-order valence-electron chi connectivity index (χ4n) is 1.57. The Hall–Kier alpha value is -1.58. The molecule has 0 unspecified atom stereocenters. The molecule has 0 saturated heterocycles. The second-order valence-electron chi connectivity index (χ2n) is 5.46. The van der Waals surface area contributed by atoms with E-state index in [4.69, 9.17) is 0 Å². The molecule has 1 rings (SSSR count). The van der Waals surface area contributed by atoms with E-state index < -0.39 is 0 Å². The average molecular weight is 252 g/mol. The highest BCUT2D eigenvalue weighted by molar-refractivity contribution is 5.74. The first-order valence-electron chi connectivity index (χ1n) is 6.09. The maximum Gasteiger partial charge on any atom is 0.315 e. The van der Waals surface area contributed by atoms with Crippen LogP contribution >= 0.6 is 0 Å². The Bertz CT molecular complexity index is 424. The molecule has 0 aliphatic heterocycles. The number of urea groups is 1. The number of hydrogen-bond acceptors (Lipinski definition) is 1. The minimum Gasteiger partial charge on any atom is -0.338 e. The average Bonchev–Trinajstić information content (AvgIpc) is 2.20. The molecule has 18 heavy (non-hydrogen) atoms. The van der Waals surface area contributed by atoms with Crippen LogP contribution in [0.4, 0.5) is 9.18 Å². The van der Waals surface area contributed by atoms with Gasteiger partial charge in [0.1, 0.15) is 5.82 Å². The van der Waals surface area contributed by atoms with Crippen molar-refractivity contribution in [2.45, 2.75) is 39.7 Å². The van der Waals surface area contributed by atoms with Crippen molar-refractivity contribution in [3.8, 4) is 0 Å². The molecule has 1 aromatic rings. The van der Waals surface area contributed by atoms with Crippen LogP contribution in [0.1, 0.15) is 31.9 Å². The molecule has 3 nitrogen and oxygen atoms in total. The lowest BCUT2D eigenvalue weighted by atomic mass is 10.1. The van der Waals surface area contributed by atoms with Gasteiger partial charge in [-0.3, -0.25) is 0 Å². The van der Waals surface area contributed by atoms with Crippen molar-refractivity contribution < 1.29 is 9.18 Å². The van der Waals surface area contributed by atoms with Gasteiger partial charge in [-0.15, -0.1) is 0 Å². The smallest absolute Gasteiger partial charge is 0.315 e. The molecule has 2 amide bonds. The van der Waals surface area contributed by atoms with E-state index in [0.717, 1.165) is 5.56 Å². The van der Waals surface area contributed by atoms with Crippen LogP contribution < -0.4 is 10.6 Å². The summed E-state index contributed by atoms with van der Waals surface area (Å²) in [5, 5.41) is 5.59. The Labute approximate surface area is 108 Å². The molecular formula is C14H21FN2O. The number of carbonyl (C=O) groups excluding carboxylic acids is 1. The fraction of sp³-hybridized carbons (Fsp3) is 0.500. The van der Waals surface area contributed by atoms with Gasteiger partial charge in [-0.05, 0) is 51.3 Å². The summed E-state index contributed by atoms with van der Waals surface area (Å²) < 4.78 is 13.1. The fourth-order valence-corrected chi connectivity index (χ4v) is 1.57. The Morgan fingerprint density at radius 3 is 2.56 bits per heavy atom. The monoisotopic (exact) mass is 252 g/mol. The Morgan fingerprint density at radius 1 is 1.33 bits per heavy atom. The lowest BCUT2D eigenvalue weighted by molar-refractivity contribution is 0.232. The summed E-state index contributed by atoms with van der Waals surface area (Å²) in [5.41, 5.74) is 1.41. The maximum absolute atomic E-state index is 13.1. The van der Waals surface area contributed by atoms with Crippen molar-refractivity contribution in [2.75, 3.05) is 6.54 Å². The van der Waals surface area contributed by atoms with Crippen LogP contribution in [0.15, 0.2) is 18.2 Å². The molecule has 0 saturated carbocycles. The van der Waals surface area contributed by atoms with Crippen LogP contribution in [0, 0.1) is 12.7 Å². The summed E-state index contributed by atoms with van der Waals surface area (Å²) >= 11 is 0. The summed E-state index contributed by atoms with van der Waals surface area (Å²) in [5.74, 6) is -0.197. The lowest BCUT2D eigenvalue weighted by Crippen LogP contribution is -2.46. The Kier molecular flexibility index (Phi) is 4.70. The van der Waals surface area contributed by atoms with Gasteiger partial charge in [0.15, 0.2) is 0 Å². The zero-order valence-electron chi connectivity index (χ0n) is 11.4. The third-order valence-corrected chi connectivity index (χ3v) is 2.41. The predicted octanol–water partition coefficient (Wildman–Crippen LogP) is 2.77. The second-order valence-corrected chi connectivity index (χ2v) is 5.46. The van der Waals surface area contributed by atoms with Crippen molar-refractivity contribution in [3.63, 3.8) is 0 Å². The van der Waals surface area contributed by atoms with Gasteiger partial charge >= 0.3 is 6.03 Å². The molecule has 0 atom stereocenters. The van der Waals surface area contributed by atoms with Crippen molar-refractivity contribution >= 4 is 6.03 Å². The molecule has 0 aliphatic carbocycles. The number of halogens is 1. The minimum atomic E-state index is -0.240. The van der Waals surface area contributed by atoms with Gasteiger partial charge in [0.2, 0.25) is 0 Å². The van der Waals surface area contributed by atoms with E-state index in [-0.39, 0.29) is 17.4 Å². The van der Waals surface area contributed by atoms with Gasteiger partial charge in [-0.1, -0.05) is 12.1 Å². The van der Waals surface area contributed by atoms with E-state index in [0.29, 0.717) is 18.5 Å². The summed E-state index contributed by atoms with van der Waals surface area (Å²) in [6.07, 6.45) is 0.693. The van der Waals surface area contributed by atoms with Gasteiger partial charge < -0.3 is 10.6 Å². The van der Waals surface area contributed by atoms with E-state index in [2.05, 4.69) is 10.6 Å². The summed E-state index contributed by atoms with van der Waals surface area (Å²) in [7, 11) is 0. The van der Waals surface area contributed by atoms with Crippen LogP contribution in [0.2, 0.25) is 0 Å². The highest BCUT2D eigenvalue weighted by Gasteiger charge is 2.12. The Morgan fingerprint density at radius 2 is 2.00 bits per heavy atom. The number of hydrogen-bond donors (Lipinski definition) is 2. The van der Waals surface area contributed by atoms with E-state index >= 15 is 0 Å². The van der Waals surface area contributed by atoms with Crippen LogP contribution in [-0.4, -0.2) is 18.1 Å². The molecule has 100 valence electrons. The zero-order chi connectivity index (χ0) is 13.8. The Balaban J connectivity index is 2.38. The normalized spacial score (nSPS) is 11.2. The SMILES string of the molecule is Cc1cc(CCNC(=O)NC(C)(C)C)ccc1F. The number of aryl methyl sites for hydroxylation is 1. The first-order valence-corrected chi connectivity index (χ1v) is 6.09. The second kappa shape index (κ2) is 5.85. The molecule has 0 aliphatic rings. The quantitative estimate of drug-likeness (QED) is 0.853. The molecule has 0 radical (unpaired) electrons. The molecule has 0 aromatic heterocycles. The van der Waals surface area contributed by atoms with Crippen molar-refractivity contribution in [1.29, 1.82) is 0 Å². The third kappa shape index (κ3) is 5.17. The van der Waals surface area contributed by atoms with Crippen LogP contribution in [0.25, 0.3) is 0 Å². The molecule has 0 heterocycles. The highest BCUT2D eigenvalue weighted by atomic mass is 19.1. The van der Waals surface area contributed by atoms with Crippen molar-refractivity contribution in [1.82, 2.24) is 10.6 Å². The van der Waals surface area contributed by atoms with E-state index in [1.54, 1.807) is 19.1 Å². The summed E-state index contributed by atoms with van der Waals surface area (Å²) in [6.45, 7) is 8.05. The van der Waals surface area contributed by atoms with Crippen LogP contribution in [0.5, 0.6) is 0 Å². The van der Waals surface area contributed by atoms with Gasteiger partial charge in [0, 0.05) is 12.1 Å². The van der Waals surface area contributed by atoms with Gasteiger partial charge in [0.05, 0.1) is 0 Å². The summed E-state index contributed by atoms with van der Waals surface area (Å²) in [6, 6.07) is 4.82. The number of amides is 2. The molecule has 0 spiro atoms. The summed E-state index contributed by atoms with van der Waals surface area (Å²) in [4.78, 5) is 11.5. The molecular weight excluding hydrogens is 231 g/mol. The number of carbonyl (C=O) groups is 1. The molecule has 0 fully saturated rings. The molecule has 2 N–H and O–H groups in total. The highest BCUT2D eigenvalue weighted by Crippen LogP contribution is 2.09. The molecule has 4 heteroatoms. The predicted molar refractivity (Wildman–Crippen MR) is 71.1 cm³/mol. The lowest BCUT2D eigenvalue weighted by Gasteiger charge is -2.20. The van der Waals surface area contributed by atoms with E-state index in [9.17, 15) is 9.18 Å². The van der Waals surface area contributed by atoms with E-state index in [1.165, 1.54) is 6.07 Å². The third-order valence-electron chi connectivity index (χ3n) is 2.41. The number of benzene rings is 1. The zero-order valence-corrected chi connectivity index (χ0v) is 11.4. The topological polar surface area (TPSA) is 41.1 Å². The van der Waals surface area contributed by atoms with Crippen molar-refractivity contribution in [2.24, 2.45) is 0 Å². The van der Waals surface area contributed by atoms with Crippen LogP contribution in [-0.2, 0) is 6.42 Å².